The van der Waals surface area contributed by atoms with Gasteiger partial charge in [0, 0.05) is 5.69 Å². The van der Waals surface area contributed by atoms with Gasteiger partial charge in [-0.2, -0.15) is 0 Å². The molecular weight excluding hydrogens is 166 g/mol. The van der Waals surface area contributed by atoms with Gasteiger partial charge in [-0.15, -0.1) is 0 Å². The molecule has 0 heterocycles. The summed E-state index contributed by atoms with van der Waals surface area (Å²) in [5.74, 6) is 0.379. The van der Waals surface area contributed by atoms with Crippen LogP contribution in [0.2, 0.25) is 0 Å². The van der Waals surface area contributed by atoms with Crippen LogP contribution in [0.1, 0.15) is 11.1 Å². The van der Waals surface area contributed by atoms with E-state index in [1.807, 2.05) is 0 Å². The molecule has 0 bridgehead atoms. The molecule has 0 aliphatic heterocycles. The third-order valence-electron chi connectivity index (χ3n) is 1.62. The minimum atomic E-state index is 0.190. The topological polar surface area (TPSA) is 129 Å². The Morgan fingerprint density at radius 2 is 1.31 bits per heavy atom. The maximum Gasteiger partial charge on any atom is 0.270 e. The highest BCUT2D eigenvalue weighted by atomic mass is 14.7. The van der Waals surface area contributed by atoms with E-state index in [1.54, 1.807) is 18.2 Å². The summed E-state index contributed by atoms with van der Waals surface area (Å²) in [4.78, 5) is 0. The average Bonchev–Trinajstić information content (AvgIpc) is 2.03. The summed E-state index contributed by atoms with van der Waals surface area (Å²) < 4.78 is 0. The van der Waals surface area contributed by atoms with E-state index in [2.05, 4.69) is 0 Å². The van der Waals surface area contributed by atoms with Gasteiger partial charge >= 0.3 is 0 Å². The molecule has 13 heavy (non-hydrogen) atoms. The van der Waals surface area contributed by atoms with Gasteiger partial charge in [0.2, 0.25) is 0 Å². The lowest BCUT2D eigenvalue weighted by atomic mass is 10.1. The highest BCUT2D eigenvalue weighted by Crippen LogP contribution is 2.09. The first kappa shape index (κ1) is 9.05. The molecule has 0 atom stereocenters. The number of nitrogens with two attached hydrogens (primary N) is 5. The fraction of sp³-hybridized carbons (Fsp3) is 0. The van der Waals surface area contributed by atoms with Crippen LogP contribution >= 0.6 is 0 Å². The predicted molar refractivity (Wildman–Crippen MR) is 51.3 cm³/mol. The Bertz CT molecular complexity index is 337. The Labute approximate surface area is 75.6 Å². The van der Waals surface area contributed by atoms with E-state index < -0.39 is 0 Å². The molecule has 0 aromatic heterocycles. The summed E-state index contributed by atoms with van der Waals surface area (Å²) >= 11 is 0. The summed E-state index contributed by atoms with van der Waals surface area (Å²) in [6, 6.07) is 4.99. The molecule has 0 unspecified atom stereocenters. The van der Waals surface area contributed by atoms with Crippen molar-refractivity contribution < 1.29 is 10.8 Å². The Morgan fingerprint density at radius 3 is 1.62 bits per heavy atom. The average molecular weight is 179 g/mol. The van der Waals surface area contributed by atoms with Crippen LogP contribution in [0.4, 0.5) is 5.69 Å². The van der Waals surface area contributed by atoms with Crippen molar-refractivity contribution in [1.29, 1.82) is 0 Å². The molecule has 1 aromatic carbocycles. The SMILES string of the molecule is NC(=[NH2+])c1cc(N)cc(C(N)=[NH2+])c1. The standard InChI is InChI=1S/C8H11N5/c9-6-2-4(7(10)11)1-5(3-6)8(12)13/h1-3H,9H2,(H3,10,11)(H3,12,13)/p+2. The lowest BCUT2D eigenvalue weighted by molar-refractivity contribution is -0.114. The fourth-order valence-electron chi connectivity index (χ4n) is 0.985. The van der Waals surface area contributed by atoms with Crippen LogP contribution in [0.5, 0.6) is 0 Å². The zero-order valence-electron chi connectivity index (χ0n) is 7.12. The summed E-state index contributed by atoms with van der Waals surface area (Å²) in [6.45, 7) is 0. The van der Waals surface area contributed by atoms with Crippen molar-refractivity contribution in [3.05, 3.63) is 29.3 Å². The van der Waals surface area contributed by atoms with Gasteiger partial charge in [0.05, 0.1) is 11.1 Å². The largest absolute Gasteiger partial charge is 0.399 e. The maximum absolute atomic E-state index is 5.59. The number of hydrogen-bond donors (Lipinski definition) is 5. The molecule has 1 rings (SSSR count). The van der Waals surface area contributed by atoms with Crippen LogP contribution in [0.3, 0.4) is 0 Å². The number of benzene rings is 1. The minimum absolute atomic E-state index is 0.190. The number of hydrogen-bond acceptors (Lipinski definition) is 1. The monoisotopic (exact) mass is 179 g/mol. The molecule has 0 aliphatic rings. The van der Waals surface area contributed by atoms with E-state index >= 15 is 0 Å². The van der Waals surface area contributed by atoms with Gasteiger partial charge < -0.3 is 5.73 Å². The van der Waals surface area contributed by atoms with Gasteiger partial charge in [-0.05, 0) is 18.2 Å². The van der Waals surface area contributed by atoms with Crippen molar-refractivity contribution in [2.75, 3.05) is 5.73 Å². The second kappa shape index (κ2) is 3.14. The van der Waals surface area contributed by atoms with E-state index in [0.717, 1.165) is 0 Å². The number of rotatable bonds is 2. The normalized spacial score (nSPS) is 9.54. The first-order valence-electron chi connectivity index (χ1n) is 3.68. The first-order valence-corrected chi connectivity index (χ1v) is 3.68. The number of nitrogen functional groups attached to an aromatic ring is 1. The van der Waals surface area contributed by atoms with Crippen LogP contribution in [0.15, 0.2) is 18.2 Å². The quantitative estimate of drug-likeness (QED) is 0.181. The number of anilines is 1. The van der Waals surface area contributed by atoms with Crippen molar-refractivity contribution in [2.24, 2.45) is 11.5 Å². The Hall–Kier alpha value is -2.04. The van der Waals surface area contributed by atoms with E-state index in [-0.39, 0.29) is 11.7 Å². The summed E-state index contributed by atoms with van der Waals surface area (Å²) in [5.41, 5.74) is 18.2. The van der Waals surface area contributed by atoms with Crippen molar-refractivity contribution in [3.8, 4) is 0 Å². The minimum Gasteiger partial charge on any atom is -0.399 e. The van der Waals surface area contributed by atoms with Crippen LogP contribution in [-0.4, -0.2) is 11.7 Å². The Morgan fingerprint density at radius 1 is 0.923 bits per heavy atom. The van der Waals surface area contributed by atoms with Crippen molar-refractivity contribution in [2.45, 2.75) is 0 Å². The van der Waals surface area contributed by atoms with Crippen LogP contribution in [0, 0.1) is 0 Å². The maximum atomic E-state index is 5.59. The number of amidine groups is 2. The molecule has 0 spiro atoms. The lowest BCUT2D eigenvalue weighted by Gasteiger charge is -1.99. The van der Waals surface area contributed by atoms with Gasteiger partial charge in [0.25, 0.3) is 11.7 Å². The molecule has 1 aromatic rings. The molecule has 0 aliphatic carbocycles. The molecule has 0 saturated heterocycles. The van der Waals surface area contributed by atoms with Crippen molar-refractivity contribution in [3.63, 3.8) is 0 Å². The predicted octanol–water partition coefficient (Wildman–Crippen LogP) is -3.80. The molecule has 0 radical (unpaired) electrons. The van der Waals surface area contributed by atoms with E-state index in [0.29, 0.717) is 16.8 Å². The lowest BCUT2D eigenvalue weighted by Crippen LogP contribution is -2.47. The van der Waals surface area contributed by atoms with Crippen LogP contribution in [-0.2, 0) is 0 Å². The van der Waals surface area contributed by atoms with Gasteiger partial charge in [-0.1, -0.05) is 0 Å². The second-order valence-electron chi connectivity index (χ2n) is 2.75. The first-order chi connectivity index (χ1) is 6.00. The zero-order chi connectivity index (χ0) is 10.0. The summed E-state index contributed by atoms with van der Waals surface area (Å²) in [6.07, 6.45) is 0. The van der Waals surface area contributed by atoms with Crippen LogP contribution in [0.25, 0.3) is 0 Å². The zero-order valence-corrected chi connectivity index (χ0v) is 7.12. The van der Waals surface area contributed by atoms with Crippen molar-refractivity contribution in [1.82, 2.24) is 0 Å². The third-order valence-corrected chi connectivity index (χ3v) is 1.62. The van der Waals surface area contributed by atoms with Gasteiger partial charge in [0.1, 0.15) is 0 Å². The summed E-state index contributed by atoms with van der Waals surface area (Å²) in [5, 5.41) is 10.8. The highest BCUT2D eigenvalue weighted by molar-refractivity contribution is 5.99. The molecule has 0 amide bonds. The fourth-order valence-corrected chi connectivity index (χ4v) is 0.985. The smallest absolute Gasteiger partial charge is 0.270 e. The highest BCUT2D eigenvalue weighted by Gasteiger charge is 2.08. The van der Waals surface area contributed by atoms with E-state index in [4.69, 9.17) is 28.0 Å². The molecule has 68 valence electrons. The van der Waals surface area contributed by atoms with Crippen molar-refractivity contribution >= 4 is 17.4 Å². The molecule has 0 saturated carbocycles. The Balaban J connectivity index is 3.26. The Kier molecular flexibility index (Phi) is 2.19. The van der Waals surface area contributed by atoms with E-state index in [1.165, 1.54) is 0 Å². The third kappa shape index (κ3) is 1.96. The second-order valence-corrected chi connectivity index (χ2v) is 2.75. The molecule has 5 nitrogen and oxygen atoms in total. The summed E-state index contributed by atoms with van der Waals surface area (Å²) in [7, 11) is 0. The van der Waals surface area contributed by atoms with Gasteiger partial charge in [-0.3, -0.25) is 22.3 Å². The molecule has 5 heteroatoms. The van der Waals surface area contributed by atoms with Crippen LogP contribution < -0.4 is 28.0 Å². The van der Waals surface area contributed by atoms with Gasteiger partial charge in [0.15, 0.2) is 0 Å². The molecular formula is C8H13N5+2. The molecule has 0 fully saturated rings. The van der Waals surface area contributed by atoms with E-state index in [9.17, 15) is 0 Å². The van der Waals surface area contributed by atoms with Gasteiger partial charge in [-0.25, -0.2) is 0 Å². The molecule has 10 N–H and O–H groups in total.